The number of ether oxygens (including phenoxy) is 2. The molecule has 8 heteroatoms. The topological polar surface area (TPSA) is 78.4 Å². The fraction of sp³-hybridized carbons (Fsp3) is 0.176. The van der Waals surface area contributed by atoms with E-state index < -0.39 is 9.84 Å². The number of rotatable bonds is 6. The average molecular weight is 376 g/mol. The minimum atomic E-state index is -3.64. The average Bonchev–Trinajstić information content (AvgIpc) is 3.15. The largest absolute Gasteiger partial charge is 0.497 e. The highest BCUT2D eigenvalue weighted by molar-refractivity contribution is 7.90. The van der Waals surface area contributed by atoms with Crippen molar-refractivity contribution < 1.29 is 17.9 Å². The number of hydrogen-bond donors (Lipinski definition) is 0. The SMILES string of the molecule is COc1ccc(OC)c(S(=O)(=O)Cc2cncc(-c3nccs3)c2)c1. The highest BCUT2D eigenvalue weighted by Gasteiger charge is 2.22. The summed E-state index contributed by atoms with van der Waals surface area (Å²) >= 11 is 1.47. The molecular weight excluding hydrogens is 360 g/mol. The van der Waals surface area contributed by atoms with Gasteiger partial charge in [-0.1, -0.05) is 0 Å². The lowest BCUT2D eigenvalue weighted by atomic mass is 10.2. The molecular formula is C17H16N2O4S2. The number of aromatic nitrogens is 2. The number of nitrogens with zero attached hydrogens (tertiary/aromatic N) is 2. The van der Waals surface area contributed by atoms with Gasteiger partial charge in [-0.2, -0.15) is 0 Å². The summed E-state index contributed by atoms with van der Waals surface area (Å²) in [5.41, 5.74) is 1.37. The Hall–Kier alpha value is -2.45. The molecule has 3 aromatic rings. The number of benzene rings is 1. The van der Waals surface area contributed by atoms with Crippen LogP contribution in [0.3, 0.4) is 0 Å². The summed E-state index contributed by atoms with van der Waals surface area (Å²) in [4.78, 5) is 8.46. The Labute approximate surface area is 150 Å². The first-order chi connectivity index (χ1) is 12.0. The second kappa shape index (κ2) is 7.20. The first-order valence-corrected chi connectivity index (χ1v) is 9.85. The van der Waals surface area contributed by atoms with Gasteiger partial charge >= 0.3 is 0 Å². The van der Waals surface area contributed by atoms with Gasteiger partial charge in [0, 0.05) is 35.6 Å². The molecule has 0 aliphatic rings. The molecule has 0 saturated heterocycles. The van der Waals surface area contributed by atoms with Gasteiger partial charge in [0.05, 0.1) is 20.0 Å². The lowest BCUT2D eigenvalue weighted by Gasteiger charge is -2.11. The van der Waals surface area contributed by atoms with Crippen molar-refractivity contribution in [2.45, 2.75) is 10.6 Å². The van der Waals surface area contributed by atoms with E-state index in [0.29, 0.717) is 11.3 Å². The van der Waals surface area contributed by atoms with Gasteiger partial charge < -0.3 is 9.47 Å². The van der Waals surface area contributed by atoms with Crippen molar-refractivity contribution >= 4 is 21.2 Å². The molecule has 0 spiro atoms. The van der Waals surface area contributed by atoms with E-state index in [-0.39, 0.29) is 16.4 Å². The standard InChI is InChI=1S/C17H16N2O4S2/c1-22-14-3-4-15(23-2)16(8-14)25(20,21)11-12-7-13(10-18-9-12)17-19-5-6-24-17/h3-10H,11H2,1-2H3. The van der Waals surface area contributed by atoms with Crippen LogP contribution in [-0.2, 0) is 15.6 Å². The van der Waals surface area contributed by atoms with Gasteiger partial charge in [0.2, 0.25) is 0 Å². The van der Waals surface area contributed by atoms with Crippen molar-refractivity contribution in [2.75, 3.05) is 14.2 Å². The third-order valence-electron chi connectivity index (χ3n) is 3.54. The van der Waals surface area contributed by atoms with E-state index in [1.807, 2.05) is 5.38 Å². The smallest absolute Gasteiger partial charge is 0.186 e. The first kappa shape index (κ1) is 17.4. The maximum Gasteiger partial charge on any atom is 0.186 e. The molecule has 6 nitrogen and oxygen atoms in total. The maximum absolute atomic E-state index is 12.9. The molecule has 0 fully saturated rings. The van der Waals surface area contributed by atoms with E-state index in [1.54, 1.807) is 36.8 Å². The van der Waals surface area contributed by atoms with Gasteiger partial charge in [0.25, 0.3) is 0 Å². The zero-order valence-corrected chi connectivity index (χ0v) is 15.3. The summed E-state index contributed by atoms with van der Waals surface area (Å²) in [6.45, 7) is 0. The Kier molecular flexibility index (Phi) is 5.00. The third-order valence-corrected chi connectivity index (χ3v) is 6.06. The summed E-state index contributed by atoms with van der Waals surface area (Å²) < 4.78 is 36.1. The fourth-order valence-electron chi connectivity index (χ4n) is 2.37. The van der Waals surface area contributed by atoms with E-state index in [1.165, 1.54) is 31.6 Å². The van der Waals surface area contributed by atoms with E-state index in [4.69, 9.17) is 9.47 Å². The van der Waals surface area contributed by atoms with E-state index in [0.717, 1.165) is 10.6 Å². The third kappa shape index (κ3) is 3.80. The molecule has 130 valence electrons. The molecule has 0 N–H and O–H groups in total. The van der Waals surface area contributed by atoms with Crippen LogP contribution in [0.4, 0.5) is 0 Å². The normalized spacial score (nSPS) is 11.3. The molecule has 0 aliphatic carbocycles. The van der Waals surface area contributed by atoms with Gasteiger partial charge in [-0.05, 0) is 23.8 Å². The molecule has 0 radical (unpaired) electrons. The van der Waals surface area contributed by atoms with Crippen LogP contribution in [0.25, 0.3) is 10.6 Å². The van der Waals surface area contributed by atoms with Crippen LogP contribution in [0.15, 0.2) is 53.1 Å². The Bertz CT molecular complexity index is 970. The van der Waals surface area contributed by atoms with Crippen molar-refractivity contribution in [3.8, 4) is 22.1 Å². The van der Waals surface area contributed by atoms with Crippen LogP contribution in [0.2, 0.25) is 0 Å². The lowest BCUT2D eigenvalue weighted by molar-refractivity contribution is 0.392. The van der Waals surface area contributed by atoms with Crippen LogP contribution >= 0.6 is 11.3 Å². The lowest BCUT2D eigenvalue weighted by Crippen LogP contribution is -2.07. The van der Waals surface area contributed by atoms with E-state index >= 15 is 0 Å². The second-order valence-electron chi connectivity index (χ2n) is 5.19. The predicted molar refractivity (Wildman–Crippen MR) is 95.8 cm³/mol. The number of sulfone groups is 1. The summed E-state index contributed by atoms with van der Waals surface area (Å²) in [5, 5.41) is 2.66. The fourth-order valence-corrected chi connectivity index (χ4v) is 4.50. The summed E-state index contributed by atoms with van der Waals surface area (Å²) in [6, 6.07) is 6.49. The van der Waals surface area contributed by atoms with Crippen molar-refractivity contribution in [3.05, 3.63) is 53.8 Å². The second-order valence-corrected chi connectivity index (χ2v) is 8.05. The van der Waals surface area contributed by atoms with Crippen molar-refractivity contribution in [2.24, 2.45) is 0 Å². The molecule has 25 heavy (non-hydrogen) atoms. The van der Waals surface area contributed by atoms with Gasteiger partial charge in [-0.3, -0.25) is 4.98 Å². The zero-order chi connectivity index (χ0) is 17.9. The summed E-state index contributed by atoms with van der Waals surface area (Å²) in [5.74, 6) is 0.543. The zero-order valence-electron chi connectivity index (χ0n) is 13.7. The molecule has 0 aliphatic heterocycles. The molecule has 2 aromatic heterocycles. The van der Waals surface area contributed by atoms with Gasteiger partial charge in [-0.15, -0.1) is 11.3 Å². The predicted octanol–water partition coefficient (Wildman–Crippen LogP) is 3.20. The molecule has 0 amide bonds. The Morgan fingerprint density at radius 1 is 1.12 bits per heavy atom. The van der Waals surface area contributed by atoms with Crippen LogP contribution in [0, 0.1) is 0 Å². The quantitative estimate of drug-likeness (QED) is 0.657. The number of methoxy groups -OCH3 is 2. The number of thiazole rings is 1. The first-order valence-electron chi connectivity index (χ1n) is 7.32. The summed E-state index contributed by atoms with van der Waals surface area (Å²) in [7, 11) is -0.715. The minimum Gasteiger partial charge on any atom is -0.497 e. The van der Waals surface area contributed by atoms with E-state index in [2.05, 4.69) is 9.97 Å². The monoisotopic (exact) mass is 376 g/mol. The molecule has 0 bridgehead atoms. The maximum atomic E-state index is 12.9. The van der Waals surface area contributed by atoms with Crippen molar-refractivity contribution in [1.29, 1.82) is 0 Å². The van der Waals surface area contributed by atoms with Crippen LogP contribution in [-0.4, -0.2) is 32.6 Å². The highest BCUT2D eigenvalue weighted by atomic mass is 32.2. The van der Waals surface area contributed by atoms with Crippen LogP contribution in [0.1, 0.15) is 5.56 Å². The molecule has 1 aromatic carbocycles. The van der Waals surface area contributed by atoms with Crippen LogP contribution in [0.5, 0.6) is 11.5 Å². The molecule has 3 rings (SSSR count). The van der Waals surface area contributed by atoms with Gasteiger partial charge in [-0.25, -0.2) is 13.4 Å². The Morgan fingerprint density at radius 3 is 2.64 bits per heavy atom. The van der Waals surface area contributed by atoms with Gasteiger partial charge in [0.1, 0.15) is 21.4 Å². The Morgan fingerprint density at radius 2 is 1.96 bits per heavy atom. The molecule has 0 atom stereocenters. The van der Waals surface area contributed by atoms with E-state index in [9.17, 15) is 8.42 Å². The number of hydrogen-bond acceptors (Lipinski definition) is 7. The summed E-state index contributed by atoms with van der Waals surface area (Å²) in [6.07, 6.45) is 4.91. The van der Waals surface area contributed by atoms with Gasteiger partial charge in [0.15, 0.2) is 9.84 Å². The Balaban J connectivity index is 1.96. The molecule has 2 heterocycles. The van der Waals surface area contributed by atoms with Crippen molar-refractivity contribution in [1.82, 2.24) is 9.97 Å². The van der Waals surface area contributed by atoms with Crippen LogP contribution < -0.4 is 9.47 Å². The number of pyridine rings is 1. The minimum absolute atomic E-state index is 0.0917. The van der Waals surface area contributed by atoms with Crippen molar-refractivity contribution in [3.63, 3.8) is 0 Å². The molecule has 0 unspecified atom stereocenters. The molecule has 0 saturated carbocycles. The highest BCUT2D eigenvalue weighted by Crippen LogP contribution is 2.31.